The van der Waals surface area contributed by atoms with Crippen LogP contribution in [-0.2, 0) is 11.3 Å². The highest BCUT2D eigenvalue weighted by Gasteiger charge is 2.18. The molecule has 0 saturated carbocycles. The van der Waals surface area contributed by atoms with E-state index in [9.17, 15) is 0 Å². The van der Waals surface area contributed by atoms with Gasteiger partial charge in [0.15, 0.2) is 5.96 Å². The van der Waals surface area contributed by atoms with Gasteiger partial charge in [0, 0.05) is 37.2 Å². The molecule has 2 aromatic heterocycles. The first kappa shape index (κ1) is 17.7. The smallest absolute Gasteiger partial charge is 0.191 e. The molecule has 7 nitrogen and oxygen atoms in total. The van der Waals surface area contributed by atoms with Gasteiger partial charge in [-0.05, 0) is 13.0 Å². The average Bonchev–Trinajstić information content (AvgIpc) is 3.07. The molecule has 0 amide bonds. The van der Waals surface area contributed by atoms with Crippen molar-refractivity contribution in [3.05, 3.63) is 42.6 Å². The van der Waals surface area contributed by atoms with Gasteiger partial charge in [-0.1, -0.05) is 6.07 Å². The van der Waals surface area contributed by atoms with Crippen LogP contribution in [0.25, 0.3) is 5.82 Å². The lowest BCUT2D eigenvalue weighted by Crippen LogP contribution is -2.47. The van der Waals surface area contributed by atoms with Crippen LogP contribution in [-0.4, -0.2) is 51.2 Å². The summed E-state index contributed by atoms with van der Waals surface area (Å²) in [5, 5.41) is 0. The topological polar surface area (TPSA) is 81.6 Å². The Labute approximate surface area is 152 Å². The number of guanidine groups is 1. The third-order valence-corrected chi connectivity index (χ3v) is 3.59. The number of morpholine rings is 1. The number of nitrogens with two attached hydrogens (primary N) is 1. The van der Waals surface area contributed by atoms with Crippen molar-refractivity contribution in [2.24, 2.45) is 10.7 Å². The van der Waals surface area contributed by atoms with Gasteiger partial charge in [-0.15, -0.1) is 24.0 Å². The Morgan fingerprint density at radius 2 is 2.35 bits per heavy atom. The molecule has 1 aliphatic rings. The molecular formula is C15H21IN6O. The molecule has 0 radical (unpaired) electrons. The zero-order valence-electron chi connectivity index (χ0n) is 13.0. The van der Waals surface area contributed by atoms with Gasteiger partial charge in [-0.25, -0.2) is 15.0 Å². The first-order chi connectivity index (χ1) is 10.7. The number of rotatable bonds is 3. The Kier molecular flexibility index (Phi) is 6.34. The number of ether oxygens (including phenoxy) is 1. The minimum Gasteiger partial charge on any atom is -0.375 e. The molecule has 1 unspecified atom stereocenters. The summed E-state index contributed by atoms with van der Waals surface area (Å²) in [6.45, 7) is 4.76. The van der Waals surface area contributed by atoms with E-state index in [4.69, 9.17) is 10.5 Å². The second-order valence-corrected chi connectivity index (χ2v) is 5.26. The predicted molar refractivity (Wildman–Crippen MR) is 99.1 cm³/mol. The third kappa shape index (κ3) is 4.41. The highest BCUT2D eigenvalue weighted by atomic mass is 127. The molecule has 23 heavy (non-hydrogen) atoms. The lowest BCUT2D eigenvalue weighted by atomic mass is 10.2. The Hall–Kier alpha value is -1.68. The lowest BCUT2D eigenvalue weighted by Gasteiger charge is -2.31. The van der Waals surface area contributed by atoms with E-state index in [1.165, 1.54) is 0 Å². The van der Waals surface area contributed by atoms with Crippen LogP contribution in [0.4, 0.5) is 0 Å². The summed E-state index contributed by atoms with van der Waals surface area (Å²) in [7, 11) is 0. The van der Waals surface area contributed by atoms with E-state index in [1.807, 2.05) is 29.8 Å². The van der Waals surface area contributed by atoms with Gasteiger partial charge in [0.25, 0.3) is 0 Å². The average molecular weight is 428 g/mol. The minimum absolute atomic E-state index is 0. The maximum Gasteiger partial charge on any atom is 0.191 e. The molecule has 3 heterocycles. The number of hydrogen-bond donors (Lipinski definition) is 1. The number of imidazole rings is 1. The van der Waals surface area contributed by atoms with Crippen LogP contribution >= 0.6 is 24.0 Å². The fraction of sp³-hybridized carbons (Fsp3) is 0.400. The normalized spacial score (nSPS) is 18.6. The SMILES string of the molecule is CC1CN(C(N)=NCc2cccnc2-n2ccnc2)CCO1.I. The van der Waals surface area contributed by atoms with Crippen molar-refractivity contribution >= 4 is 29.9 Å². The maximum absolute atomic E-state index is 6.11. The van der Waals surface area contributed by atoms with Crippen molar-refractivity contribution in [2.75, 3.05) is 19.7 Å². The van der Waals surface area contributed by atoms with E-state index in [1.54, 1.807) is 18.7 Å². The lowest BCUT2D eigenvalue weighted by molar-refractivity contribution is 0.00528. The molecule has 1 saturated heterocycles. The molecule has 0 aliphatic carbocycles. The Bertz CT molecular complexity index is 645. The van der Waals surface area contributed by atoms with E-state index < -0.39 is 0 Å². The zero-order chi connectivity index (χ0) is 15.4. The van der Waals surface area contributed by atoms with Gasteiger partial charge >= 0.3 is 0 Å². The van der Waals surface area contributed by atoms with Crippen LogP contribution in [0.5, 0.6) is 0 Å². The molecule has 0 bridgehead atoms. The Balaban J connectivity index is 0.00000192. The zero-order valence-corrected chi connectivity index (χ0v) is 15.3. The first-order valence-electron chi connectivity index (χ1n) is 7.32. The third-order valence-electron chi connectivity index (χ3n) is 3.59. The van der Waals surface area contributed by atoms with Gasteiger partial charge in [0.1, 0.15) is 12.1 Å². The van der Waals surface area contributed by atoms with Crippen molar-refractivity contribution in [1.82, 2.24) is 19.4 Å². The Morgan fingerprint density at radius 3 is 3.09 bits per heavy atom. The predicted octanol–water partition coefficient (Wildman–Crippen LogP) is 1.42. The van der Waals surface area contributed by atoms with Crippen LogP contribution < -0.4 is 5.73 Å². The summed E-state index contributed by atoms with van der Waals surface area (Å²) >= 11 is 0. The standard InChI is InChI=1S/C15H20N6O.HI/c1-12-10-20(7-8-22-12)15(16)19-9-13-3-2-4-18-14(13)21-6-5-17-11-21;/h2-6,11-12H,7-10H2,1H3,(H2,16,19);1H. The van der Waals surface area contributed by atoms with E-state index in [-0.39, 0.29) is 30.1 Å². The van der Waals surface area contributed by atoms with E-state index in [0.29, 0.717) is 19.1 Å². The van der Waals surface area contributed by atoms with Gasteiger partial charge in [-0.3, -0.25) is 4.57 Å². The fourth-order valence-corrected chi connectivity index (χ4v) is 2.46. The monoisotopic (exact) mass is 428 g/mol. The van der Waals surface area contributed by atoms with Gasteiger partial charge in [0.2, 0.25) is 0 Å². The molecule has 2 N–H and O–H groups in total. The summed E-state index contributed by atoms with van der Waals surface area (Å²) in [5.74, 6) is 1.38. The van der Waals surface area contributed by atoms with Crippen molar-refractivity contribution < 1.29 is 4.74 Å². The summed E-state index contributed by atoms with van der Waals surface area (Å²) in [6, 6.07) is 3.90. The van der Waals surface area contributed by atoms with E-state index in [2.05, 4.69) is 19.9 Å². The molecule has 3 rings (SSSR count). The molecule has 124 valence electrons. The molecule has 0 aromatic carbocycles. The van der Waals surface area contributed by atoms with Gasteiger partial charge in [0.05, 0.1) is 19.3 Å². The van der Waals surface area contributed by atoms with Crippen molar-refractivity contribution in [1.29, 1.82) is 0 Å². The molecule has 8 heteroatoms. The number of halogens is 1. The van der Waals surface area contributed by atoms with Crippen molar-refractivity contribution in [3.8, 4) is 5.82 Å². The summed E-state index contributed by atoms with van der Waals surface area (Å²) in [5.41, 5.74) is 7.11. The molecule has 2 aromatic rings. The van der Waals surface area contributed by atoms with Gasteiger partial charge in [-0.2, -0.15) is 0 Å². The number of aliphatic imine (C=N–C) groups is 1. The highest BCUT2D eigenvalue weighted by molar-refractivity contribution is 14.0. The maximum atomic E-state index is 6.11. The highest BCUT2D eigenvalue weighted by Crippen LogP contribution is 2.12. The van der Waals surface area contributed by atoms with Crippen LogP contribution in [0.1, 0.15) is 12.5 Å². The second-order valence-electron chi connectivity index (χ2n) is 5.26. The molecule has 0 spiro atoms. The molecule has 1 aliphatic heterocycles. The fourth-order valence-electron chi connectivity index (χ4n) is 2.46. The number of hydrogen-bond acceptors (Lipinski definition) is 4. The second kappa shape index (κ2) is 8.25. The first-order valence-corrected chi connectivity index (χ1v) is 7.32. The summed E-state index contributed by atoms with van der Waals surface area (Å²) in [4.78, 5) is 15.0. The largest absolute Gasteiger partial charge is 0.375 e. The van der Waals surface area contributed by atoms with E-state index in [0.717, 1.165) is 24.5 Å². The Morgan fingerprint density at radius 1 is 1.48 bits per heavy atom. The molecule has 1 fully saturated rings. The summed E-state index contributed by atoms with van der Waals surface area (Å²) in [6.07, 6.45) is 7.26. The van der Waals surface area contributed by atoms with Gasteiger partial charge < -0.3 is 15.4 Å². The van der Waals surface area contributed by atoms with Crippen LogP contribution in [0.15, 0.2) is 42.0 Å². The number of nitrogens with zero attached hydrogens (tertiary/aromatic N) is 5. The number of pyridine rings is 1. The van der Waals surface area contributed by atoms with Crippen LogP contribution in [0.3, 0.4) is 0 Å². The van der Waals surface area contributed by atoms with Crippen LogP contribution in [0, 0.1) is 0 Å². The van der Waals surface area contributed by atoms with Crippen LogP contribution in [0.2, 0.25) is 0 Å². The van der Waals surface area contributed by atoms with E-state index >= 15 is 0 Å². The van der Waals surface area contributed by atoms with Crippen molar-refractivity contribution in [3.63, 3.8) is 0 Å². The molecule has 1 atom stereocenters. The minimum atomic E-state index is 0. The number of aromatic nitrogens is 3. The molecular weight excluding hydrogens is 407 g/mol. The van der Waals surface area contributed by atoms with Crippen molar-refractivity contribution in [2.45, 2.75) is 19.6 Å². The quantitative estimate of drug-likeness (QED) is 0.455. The summed E-state index contributed by atoms with van der Waals surface area (Å²) < 4.78 is 7.39.